The molecule has 0 heterocycles. The first-order valence-electron chi connectivity index (χ1n) is 8.07. The van der Waals surface area contributed by atoms with E-state index in [1.807, 2.05) is 28.2 Å². The van der Waals surface area contributed by atoms with Gasteiger partial charge in [0.15, 0.2) is 11.3 Å². The molecule has 2 N–H and O–H groups in total. The van der Waals surface area contributed by atoms with E-state index in [4.69, 9.17) is 0 Å². The average molecular weight is 352 g/mol. The average Bonchev–Trinajstić information content (AvgIpc) is 2.55. The summed E-state index contributed by atoms with van der Waals surface area (Å²) >= 11 is 0. The maximum atomic E-state index is 13.3. The van der Waals surface area contributed by atoms with Gasteiger partial charge in [-0.3, -0.25) is 0 Å². The van der Waals surface area contributed by atoms with Crippen molar-refractivity contribution in [3.05, 3.63) is 59.7 Å². The van der Waals surface area contributed by atoms with Gasteiger partial charge in [0, 0.05) is 51.7 Å². The van der Waals surface area contributed by atoms with E-state index in [2.05, 4.69) is 6.42 Å². The van der Waals surface area contributed by atoms with Crippen molar-refractivity contribution in [2.75, 3.05) is 38.0 Å². The molecule has 0 radical (unpaired) electrons. The standard InChI is InChI=1S/C20H21N2O4/c1-21(2)12-5-7-14(16(23)9-12)19-18(25)11-20(19,26)15-8-6-13(22(3)4)10-17(15)24/h5-10,23-25H,1-4H3/q+1/p-1. The Labute approximate surface area is 152 Å². The first-order chi connectivity index (χ1) is 12.1. The van der Waals surface area contributed by atoms with Crippen molar-refractivity contribution in [1.29, 1.82) is 0 Å². The molecule has 26 heavy (non-hydrogen) atoms. The van der Waals surface area contributed by atoms with Crippen molar-refractivity contribution in [2.24, 2.45) is 0 Å². The fourth-order valence-electron chi connectivity index (χ4n) is 3.00. The van der Waals surface area contributed by atoms with Gasteiger partial charge in [0.2, 0.25) is 0 Å². The molecule has 0 bridgehead atoms. The molecule has 0 aliphatic heterocycles. The summed E-state index contributed by atoms with van der Waals surface area (Å²) in [7, 11) is 7.27. The van der Waals surface area contributed by atoms with E-state index in [9.17, 15) is 20.4 Å². The van der Waals surface area contributed by atoms with Crippen LogP contribution < -0.4 is 20.0 Å². The molecule has 1 aliphatic rings. The molecule has 0 aromatic heterocycles. The van der Waals surface area contributed by atoms with Crippen LogP contribution in [0, 0.1) is 6.42 Å². The van der Waals surface area contributed by atoms with Gasteiger partial charge in [0.1, 0.15) is 5.75 Å². The molecular weight excluding hydrogens is 332 g/mol. The smallest absolute Gasteiger partial charge is 0.333 e. The molecule has 1 atom stereocenters. The summed E-state index contributed by atoms with van der Waals surface area (Å²) in [5.74, 6) is -0.942. The van der Waals surface area contributed by atoms with Crippen LogP contribution in [0.4, 0.5) is 11.4 Å². The molecule has 0 saturated heterocycles. The Morgan fingerprint density at radius 2 is 1.42 bits per heavy atom. The van der Waals surface area contributed by atoms with Crippen LogP contribution in [0.15, 0.2) is 42.2 Å². The number of anilines is 2. The van der Waals surface area contributed by atoms with E-state index in [0.717, 1.165) is 11.4 Å². The molecule has 0 fully saturated rings. The summed E-state index contributed by atoms with van der Waals surface area (Å²) in [6.45, 7) is 0. The lowest BCUT2D eigenvalue weighted by Gasteiger charge is -2.30. The molecule has 6 heteroatoms. The largest absolute Gasteiger partial charge is 0.797 e. The van der Waals surface area contributed by atoms with Crippen LogP contribution in [0.3, 0.4) is 0 Å². The molecule has 1 aliphatic carbocycles. The van der Waals surface area contributed by atoms with Crippen molar-refractivity contribution >= 4 is 16.9 Å². The zero-order chi connectivity index (χ0) is 19.2. The first kappa shape index (κ1) is 17.7. The van der Waals surface area contributed by atoms with Crippen LogP contribution in [0.5, 0.6) is 11.5 Å². The number of phenolic OH excluding ortho intramolecular Hbond substituents is 2. The lowest BCUT2D eigenvalue weighted by Crippen LogP contribution is -2.51. The Kier molecular flexibility index (Phi) is 4.11. The maximum absolute atomic E-state index is 13.3. The van der Waals surface area contributed by atoms with Gasteiger partial charge in [0.25, 0.3) is 5.57 Å². The second-order valence-electron chi connectivity index (χ2n) is 6.70. The predicted molar refractivity (Wildman–Crippen MR) is 96.7 cm³/mol. The summed E-state index contributed by atoms with van der Waals surface area (Å²) < 4.78 is 0. The number of hydrogen-bond donors (Lipinski definition) is 2. The number of rotatable bonds is 4. The van der Waals surface area contributed by atoms with E-state index >= 15 is 0 Å². The van der Waals surface area contributed by atoms with Crippen molar-refractivity contribution in [1.82, 2.24) is 0 Å². The topological polar surface area (TPSA) is 93.1 Å². The van der Waals surface area contributed by atoms with E-state index in [1.54, 1.807) is 21.9 Å². The Morgan fingerprint density at radius 3 is 1.88 bits per heavy atom. The number of aromatic hydroxyl groups is 2. The van der Waals surface area contributed by atoms with Crippen LogP contribution in [0.1, 0.15) is 11.1 Å². The first-order valence-corrected chi connectivity index (χ1v) is 8.07. The third kappa shape index (κ3) is 2.65. The zero-order valence-electron chi connectivity index (χ0n) is 15.1. The molecule has 0 saturated carbocycles. The van der Waals surface area contributed by atoms with Crippen LogP contribution in [0.2, 0.25) is 0 Å². The Balaban J connectivity index is 2.06. The van der Waals surface area contributed by atoms with Crippen LogP contribution in [-0.4, -0.2) is 38.4 Å². The van der Waals surface area contributed by atoms with Crippen molar-refractivity contribution in [2.45, 2.75) is 5.60 Å². The normalized spacial score (nSPS) is 18.7. The monoisotopic (exact) mass is 352 g/mol. The third-order valence-corrected chi connectivity index (χ3v) is 4.51. The molecule has 2 aromatic carbocycles. The fraction of sp³-hybridized carbons (Fsp3) is 0.250. The minimum absolute atomic E-state index is 0.0359. The highest BCUT2D eigenvalue weighted by Crippen LogP contribution is 2.51. The van der Waals surface area contributed by atoms with Gasteiger partial charge in [0.05, 0.1) is 5.56 Å². The van der Waals surface area contributed by atoms with Crippen LogP contribution >= 0.6 is 0 Å². The summed E-state index contributed by atoms with van der Waals surface area (Å²) in [4.78, 5) is 3.59. The van der Waals surface area contributed by atoms with E-state index in [0.29, 0.717) is 0 Å². The maximum Gasteiger partial charge on any atom is 0.333 e. The molecule has 3 rings (SSSR count). The molecule has 134 valence electrons. The quantitative estimate of drug-likeness (QED) is 0.839. The minimum Gasteiger partial charge on any atom is -0.797 e. The van der Waals surface area contributed by atoms with Crippen LogP contribution in [0.25, 0.3) is 5.57 Å². The molecular formula is C20H20N2O4. The second-order valence-corrected chi connectivity index (χ2v) is 6.70. The van der Waals surface area contributed by atoms with E-state index in [-0.39, 0.29) is 28.2 Å². The highest BCUT2D eigenvalue weighted by Gasteiger charge is 2.64. The summed E-state index contributed by atoms with van der Waals surface area (Å²) in [6, 6.07) is 9.38. The number of phenols is 2. The number of benzene rings is 2. The van der Waals surface area contributed by atoms with Gasteiger partial charge in [-0.15, -0.1) is 0 Å². The summed E-state index contributed by atoms with van der Waals surface area (Å²) in [5.41, 5.74) is -0.586. The van der Waals surface area contributed by atoms with Crippen molar-refractivity contribution in [3.8, 4) is 11.5 Å². The van der Waals surface area contributed by atoms with Gasteiger partial charge < -0.3 is 30.2 Å². The summed E-state index contributed by atoms with van der Waals surface area (Å²) in [6.07, 6.45) is 2.31. The SMILES string of the molecule is CN(C)c1ccc(C2=C([O-])[C+2]C2([O-])c2ccc(N(C)C)cc2O)c(O)c1. The predicted octanol–water partition coefficient (Wildman–Crippen LogP) is 0.652. The number of hydrogen-bond acceptors (Lipinski definition) is 6. The third-order valence-electron chi connectivity index (χ3n) is 4.51. The highest BCUT2D eigenvalue weighted by molar-refractivity contribution is 5.88. The van der Waals surface area contributed by atoms with Gasteiger partial charge in [-0.05, 0) is 24.3 Å². The molecule has 0 amide bonds. The minimum atomic E-state index is -2.12. The van der Waals surface area contributed by atoms with E-state index in [1.165, 1.54) is 24.3 Å². The Morgan fingerprint density at radius 1 is 0.885 bits per heavy atom. The van der Waals surface area contributed by atoms with E-state index < -0.39 is 11.4 Å². The Bertz CT molecular complexity index is 889. The lowest BCUT2D eigenvalue weighted by molar-refractivity contribution is -0.465. The molecule has 2 aromatic rings. The number of nitrogens with zero attached hydrogens (tertiary/aromatic N) is 2. The van der Waals surface area contributed by atoms with Gasteiger partial charge in [-0.1, -0.05) is 0 Å². The molecule has 6 nitrogen and oxygen atoms in total. The Hall–Kier alpha value is -3.08. The molecule has 1 unspecified atom stereocenters. The van der Waals surface area contributed by atoms with Gasteiger partial charge >= 0.3 is 17.8 Å². The van der Waals surface area contributed by atoms with Gasteiger partial charge in [-0.2, -0.15) is 0 Å². The second kappa shape index (κ2) is 6.02. The summed E-state index contributed by atoms with van der Waals surface area (Å²) in [5, 5.41) is 46.1. The van der Waals surface area contributed by atoms with Crippen molar-refractivity contribution < 1.29 is 20.4 Å². The molecule has 0 spiro atoms. The highest BCUT2D eigenvalue weighted by atomic mass is 16.3. The fourth-order valence-corrected chi connectivity index (χ4v) is 3.00. The zero-order valence-corrected chi connectivity index (χ0v) is 15.1. The van der Waals surface area contributed by atoms with Gasteiger partial charge in [-0.25, -0.2) is 0 Å². The lowest BCUT2D eigenvalue weighted by atomic mass is 9.70. The van der Waals surface area contributed by atoms with Crippen molar-refractivity contribution in [3.63, 3.8) is 0 Å². The van der Waals surface area contributed by atoms with Crippen LogP contribution in [-0.2, 0) is 5.60 Å².